The molecule has 0 saturated carbocycles. The molecule has 5 aromatic rings. The van der Waals surface area contributed by atoms with Crippen molar-refractivity contribution in [3.63, 3.8) is 0 Å². The van der Waals surface area contributed by atoms with Crippen LogP contribution < -0.4 is 0 Å². The number of aryl methyl sites for hydroxylation is 1. The number of halogens is 1. The second kappa shape index (κ2) is 6.83. The van der Waals surface area contributed by atoms with E-state index < -0.39 is 17.9 Å². The Morgan fingerprint density at radius 3 is 3.03 bits per heavy atom. The molecule has 1 aliphatic heterocycles. The largest absolute Gasteiger partial charge is 0.412 e. The van der Waals surface area contributed by atoms with E-state index in [2.05, 4.69) is 30.4 Å². The molecule has 1 aliphatic rings. The molecule has 12 heteroatoms. The van der Waals surface area contributed by atoms with E-state index in [1.807, 2.05) is 0 Å². The summed E-state index contributed by atoms with van der Waals surface area (Å²) in [7, 11) is 1.77. The summed E-state index contributed by atoms with van der Waals surface area (Å²) < 4.78 is 22.7. The zero-order chi connectivity index (χ0) is 21.8. The third-order valence-corrected chi connectivity index (χ3v) is 5.48. The van der Waals surface area contributed by atoms with E-state index in [1.54, 1.807) is 53.5 Å². The van der Waals surface area contributed by atoms with Crippen molar-refractivity contribution in [1.29, 1.82) is 0 Å². The molecule has 1 N–H and O–H groups in total. The second-order valence-electron chi connectivity index (χ2n) is 7.49. The number of H-pyrrole nitrogens is 1. The van der Waals surface area contributed by atoms with E-state index >= 15 is 0 Å². The lowest BCUT2D eigenvalue weighted by molar-refractivity contribution is 0.0646. The zero-order valence-corrected chi connectivity index (χ0v) is 16.8. The van der Waals surface area contributed by atoms with Crippen LogP contribution in [-0.4, -0.2) is 56.9 Å². The summed E-state index contributed by atoms with van der Waals surface area (Å²) in [4.78, 5) is 22.5. The average molecular weight is 433 g/mol. The lowest BCUT2D eigenvalue weighted by Crippen LogP contribution is -2.41. The molecule has 1 atom stereocenters. The molecule has 0 radical (unpaired) electrons. The maximum Gasteiger partial charge on any atom is 0.312 e. The van der Waals surface area contributed by atoms with Gasteiger partial charge in [-0.15, -0.1) is 10.2 Å². The van der Waals surface area contributed by atoms with Crippen molar-refractivity contribution in [3.8, 4) is 11.5 Å². The Labute approximate surface area is 179 Å². The van der Waals surface area contributed by atoms with Crippen LogP contribution in [0.15, 0.2) is 47.4 Å². The standard InChI is InChI=1S/C20H16FN9O2/c1-28-9-11(8-24-28)18-25-26-19(32-18)20(31)29-6-5-13-16(23-10-22-13)17(29)14-7-12-3-2-4-15(21)30(12)27-14/h2-4,7-10,17H,5-6H2,1H3,(H,22,23). The number of hydrogen-bond donors (Lipinski definition) is 1. The van der Waals surface area contributed by atoms with Crippen LogP contribution in [0.5, 0.6) is 0 Å². The van der Waals surface area contributed by atoms with Crippen molar-refractivity contribution in [2.75, 3.05) is 6.54 Å². The fraction of sp³-hybridized carbons (Fsp3) is 0.200. The predicted molar refractivity (Wildman–Crippen MR) is 107 cm³/mol. The number of hydrogen-bond acceptors (Lipinski definition) is 7. The highest BCUT2D eigenvalue weighted by molar-refractivity contribution is 5.90. The van der Waals surface area contributed by atoms with Crippen molar-refractivity contribution >= 4 is 11.4 Å². The maximum atomic E-state index is 14.2. The van der Waals surface area contributed by atoms with Crippen LogP contribution in [0.25, 0.3) is 17.0 Å². The van der Waals surface area contributed by atoms with Gasteiger partial charge in [0, 0.05) is 31.9 Å². The number of fused-ring (bicyclic) bond motifs is 2. The lowest BCUT2D eigenvalue weighted by Gasteiger charge is -2.32. The molecule has 0 aromatic carbocycles. The normalized spacial score (nSPS) is 15.9. The number of carbonyl (C=O) groups is 1. The smallest absolute Gasteiger partial charge is 0.312 e. The lowest BCUT2D eigenvalue weighted by atomic mass is 9.99. The molecule has 0 saturated heterocycles. The molecular weight excluding hydrogens is 417 g/mol. The van der Waals surface area contributed by atoms with Crippen LogP contribution in [0.2, 0.25) is 0 Å². The van der Waals surface area contributed by atoms with E-state index in [1.165, 1.54) is 10.6 Å². The van der Waals surface area contributed by atoms with Gasteiger partial charge in [0.2, 0.25) is 5.95 Å². The minimum Gasteiger partial charge on any atom is -0.412 e. The van der Waals surface area contributed by atoms with Crippen LogP contribution in [0, 0.1) is 5.95 Å². The van der Waals surface area contributed by atoms with Crippen LogP contribution in [0.3, 0.4) is 0 Å². The summed E-state index contributed by atoms with van der Waals surface area (Å²) in [6.07, 6.45) is 5.44. The third kappa shape index (κ3) is 2.80. The van der Waals surface area contributed by atoms with Crippen LogP contribution >= 0.6 is 0 Å². The van der Waals surface area contributed by atoms with Gasteiger partial charge < -0.3 is 14.3 Å². The van der Waals surface area contributed by atoms with E-state index in [4.69, 9.17) is 4.42 Å². The van der Waals surface area contributed by atoms with E-state index in [9.17, 15) is 9.18 Å². The Kier molecular flexibility index (Phi) is 3.93. The molecule has 5 aromatic heterocycles. The molecule has 32 heavy (non-hydrogen) atoms. The fourth-order valence-electron chi connectivity index (χ4n) is 4.01. The van der Waals surface area contributed by atoms with Gasteiger partial charge in [0.1, 0.15) is 6.04 Å². The first-order valence-corrected chi connectivity index (χ1v) is 9.88. The summed E-state index contributed by atoms with van der Waals surface area (Å²) in [5.41, 5.74) is 3.23. The van der Waals surface area contributed by atoms with Gasteiger partial charge >= 0.3 is 11.8 Å². The SMILES string of the molecule is Cn1cc(-c2nnc(C(=O)N3CCc4[nH]cnc4C3c3cc4cccc(F)n4n3)o2)cn1. The van der Waals surface area contributed by atoms with Crippen molar-refractivity contribution < 1.29 is 13.6 Å². The van der Waals surface area contributed by atoms with Crippen molar-refractivity contribution in [2.45, 2.75) is 12.5 Å². The van der Waals surface area contributed by atoms with Gasteiger partial charge in [-0.05, 0) is 18.2 Å². The Morgan fingerprint density at radius 2 is 2.22 bits per heavy atom. The summed E-state index contributed by atoms with van der Waals surface area (Å²) in [6, 6.07) is 5.79. The summed E-state index contributed by atoms with van der Waals surface area (Å²) >= 11 is 0. The van der Waals surface area contributed by atoms with Crippen molar-refractivity contribution in [2.24, 2.45) is 7.05 Å². The minimum absolute atomic E-state index is 0.150. The fourth-order valence-corrected chi connectivity index (χ4v) is 4.01. The van der Waals surface area contributed by atoms with E-state index in [0.29, 0.717) is 35.4 Å². The number of nitrogens with zero attached hydrogens (tertiary/aromatic N) is 8. The van der Waals surface area contributed by atoms with E-state index in [0.717, 1.165) is 5.69 Å². The van der Waals surface area contributed by atoms with Crippen LogP contribution in [-0.2, 0) is 13.5 Å². The number of rotatable bonds is 3. The molecule has 0 aliphatic carbocycles. The first-order chi connectivity index (χ1) is 15.6. The number of aromatic nitrogens is 8. The minimum atomic E-state index is -0.634. The van der Waals surface area contributed by atoms with Crippen molar-refractivity contribution in [1.82, 2.24) is 44.5 Å². The molecular formula is C20H16FN9O2. The van der Waals surface area contributed by atoms with Gasteiger partial charge in [0.15, 0.2) is 0 Å². The Hall–Kier alpha value is -4.35. The highest BCUT2D eigenvalue weighted by Gasteiger charge is 2.38. The third-order valence-electron chi connectivity index (χ3n) is 5.48. The Morgan fingerprint density at radius 1 is 1.31 bits per heavy atom. The highest BCUT2D eigenvalue weighted by atomic mass is 19.1. The molecule has 1 amide bonds. The monoisotopic (exact) mass is 433 g/mol. The molecule has 6 heterocycles. The number of imidazole rings is 1. The number of carbonyl (C=O) groups excluding carboxylic acids is 1. The van der Waals surface area contributed by atoms with Crippen LogP contribution in [0.4, 0.5) is 4.39 Å². The maximum absolute atomic E-state index is 14.2. The highest BCUT2D eigenvalue weighted by Crippen LogP contribution is 2.34. The van der Waals surface area contributed by atoms with Crippen LogP contribution in [0.1, 0.15) is 33.8 Å². The molecule has 0 spiro atoms. The quantitative estimate of drug-likeness (QED) is 0.430. The first kappa shape index (κ1) is 18.4. The zero-order valence-electron chi connectivity index (χ0n) is 16.8. The average Bonchev–Trinajstić information content (AvgIpc) is 3.57. The molecule has 0 bridgehead atoms. The molecule has 160 valence electrons. The van der Waals surface area contributed by atoms with Gasteiger partial charge in [-0.25, -0.2) is 9.50 Å². The Balaban J connectivity index is 1.41. The molecule has 11 nitrogen and oxygen atoms in total. The van der Waals surface area contributed by atoms with Gasteiger partial charge in [-0.1, -0.05) is 6.07 Å². The van der Waals surface area contributed by atoms with Gasteiger partial charge in [0.05, 0.1) is 35.0 Å². The van der Waals surface area contributed by atoms with E-state index in [-0.39, 0.29) is 11.8 Å². The summed E-state index contributed by atoms with van der Waals surface area (Å²) in [5, 5.41) is 16.4. The summed E-state index contributed by atoms with van der Waals surface area (Å²) in [5.74, 6) is -0.903. The number of pyridine rings is 1. The topological polar surface area (TPSA) is 123 Å². The number of amides is 1. The molecule has 0 fully saturated rings. The first-order valence-electron chi connectivity index (χ1n) is 9.88. The van der Waals surface area contributed by atoms with Gasteiger partial charge in [0.25, 0.3) is 5.89 Å². The molecule has 1 unspecified atom stereocenters. The predicted octanol–water partition coefficient (Wildman–Crippen LogP) is 1.77. The summed E-state index contributed by atoms with van der Waals surface area (Å²) in [6.45, 7) is 0.375. The second-order valence-corrected chi connectivity index (χ2v) is 7.49. The number of nitrogens with one attached hydrogen (secondary N) is 1. The Bertz CT molecular complexity index is 1460. The van der Waals surface area contributed by atoms with Gasteiger partial charge in [-0.3, -0.25) is 9.48 Å². The molecule has 6 rings (SSSR count). The number of aromatic amines is 1. The van der Waals surface area contributed by atoms with Crippen molar-refractivity contribution in [3.05, 3.63) is 71.9 Å². The van der Waals surface area contributed by atoms with Gasteiger partial charge in [-0.2, -0.15) is 14.6 Å².